The van der Waals surface area contributed by atoms with Gasteiger partial charge in [0, 0.05) is 43.5 Å². The molecule has 0 atom stereocenters. The summed E-state index contributed by atoms with van der Waals surface area (Å²) in [6.07, 6.45) is 0. The Kier molecular flexibility index (Phi) is 6.43. The third kappa shape index (κ3) is 5.18. The Morgan fingerprint density at radius 3 is 2.65 bits per heavy atom. The zero-order valence-corrected chi connectivity index (χ0v) is 18.4. The molecule has 8 nitrogen and oxygen atoms in total. The summed E-state index contributed by atoms with van der Waals surface area (Å²) in [7, 11) is 0. The Hall–Kier alpha value is -3.04. The number of hydrogen-bond donors (Lipinski definition) is 1. The van der Waals surface area contributed by atoms with Crippen LogP contribution in [0, 0.1) is 6.92 Å². The number of piperazine rings is 1. The zero-order chi connectivity index (χ0) is 21.8. The fourth-order valence-electron chi connectivity index (χ4n) is 3.51. The number of rotatable bonds is 6. The van der Waals surface area contributed by atoms with Crippen LogP contribution in [0.2, 0.25) is 0 Å². The second-order valence-corrected chi connectivity index (χ2v) is 8.74. The van der Waals surface area contributed by atoms with E-state index in [4.69, 9.17) is 4.52 Å². The van der Waals surface area contributed by atoms with E-state index < -0.39 is 0 Å². The molecule has 1 saturated heterocycles. The van der Waals surface area contributed by atoms with Gasteiger partial charge in [-0.15, -0.1) is 11.3 Å². The molecule has 3 heterocycles. The largest absolute Gasteiger partial charge is 0.351 e. The highest BCUT2D eigenvalue weighted by atomic mass is 32.1. The van der Waals surface area contributed by atoms with E-state index in [0.29, 0.717) is 42.8 Å². The lowest BCUT2D eigenvalue weighted by Gasteiger charge is -2.33. The molecule has 0 unspecified atom stereocenters. The predicted octanol–water partition coefficient (Wildman–Crippen LogP) is 2.70. The van der Waals surface area contributed by atoms with Gasteiger partial charge in [-0.3, -0.25) is 14.5 Å². The molecule has 0 aliphatic carbocycles. The van der Waals surface area contributed by atoms with Gasteiger partial charge < -0.3 is 14.7 Å². The van der Waals surface area contributed by atoms with Crippen LogP contribution in [0.4, 0.5) is 0 Å². The fraction of sp³-hybridized carbons (Fsp3) is 0.364. The van der Waals surface area contributed by atoms with Gasteiger partial charge in [-0.2, -0.15) is 4.98 Å². The lowest BCUT2D eigenvalue weighted by atomic mass is 10.1. The first-order valence-corrected chi connectivity index (χ1v) is 11.0. The van der Waals surface area contributed by atoms with Gasteiger partial charge in [0.05, 0.1) is 18.0 Å². The minimum atomic E-state index is -0.0790. The van der Waals surface area contributed by atoms with Crippen molar-refractivity contribution in [2.75, 3.05) is 26.2 Å². The van der Waals surface area contributed by atoms with Gasteiger partial charge in [0.15, 0.2) is 0 Å². The monoisotopic (exact) mass is 439 g/mol. The number of hydrogen-bond acceptors (Lipinski definition) is 7. The summed E-state index contributed by atoms with van der Waals surface area (Å²) in [5.74, 6) is 1.15. The Balaban J connectivity index is 1.30. The molecular formula is C22H25N5O3S. The Bertz CT molecular complexity index is 1070. The number of benzene rings is 1. The Morgan fingerprint density at radius 1 is 1.13 bits per heavy atom. The summed E-state index contributed by atoms with van der Waals surface area (Å²) in [6, 6.07) is 11.7. The van der Waals surface area contributed by atoms with Crippen molar-refractivity contribution in [2.24, 2.45) is 0 Å². The van der Waals surface area contributed by atoms with Crippen LogP contribution in [0.15, 0.2) is 40.9 Å². The molecule has 1 aliphatic rings. The lowest BCUT2D eigenvalue weighted by molar-refractivity contribution is -0.119. The molecule has 162 valence electrons. The summed E-state index contributed by atoms with van der Waals surface area (Å²) < 4.78 is 5.45. The third-order valence-corrected chi connectivity index (χ3v) is 6.33. The number of nitrogens with one attached hydrogen (secondary N) is 1. The summed E-state index contributed by atoms with van der Waals surface area (Å²) in [5.41, 5.74) is 2.08. The zero-order valence-electron chi connectivity index (χ0n) is 17.6. The van der Waals surface area contributed by atoms with E-state index in [2.05, 4.69) is 20.4 Å². The van der Waals surface area contributed by atoms with Gasteiger partial charge in [0.1, 0.15) is 0 Å². The van der Waals surface area contributed by atoms with E-state index >= 15 is 0 Å². The Labute approximate surface area is 184 Å². The van der Waals surface area contributed by atoms with Gasteiger partial charge in [0.2, 0.25) is 17.6 Å². The van der Waals surface area contributed by atoms with E-state index in [1.807, 2.05) is 48.2 Å². The molecule has 3 aromatic rings. The van der Waals surface area contributed by atoms with Crippen LogP contribution in [-0.4, -0.2) is 57.9 Å². The molecule has 31 heavy (non-hydrogen) atoms. The standard InChI is InChI=1S/C22H25N5O3S/c1-15-5-3-4-6-18(15)21-24-20(30-25-21)14-26-9-11-27(12-10-26)22(29)19-8-7-17(31-19)13-23-16(2)28/h3-8H,9-14H2,1-2H3,(H,23,28). The van der Waals surface area contributed by atoms with Crippen LogP contribution < -0.4 is 5.32 Å². The number of carbonyl (C=O) groups excluding carboxylic acids is 2. The molecule has 0 spiro atoms. The van der Waals surface area contributed by atoms with Crippen molar-refractivity contribution in [2.45, 2.75) is 26.9 Å². The molecule has 0 bridgehead atoms. The van der Waals surface area contributed by atoms with Crippen molar-refractivity contribution in [1.29, 1.82) is 0 Å². The molecule has 1 N–H and O–H groups in total. The highest BCUT2D eigenvalue weighted by Gasteiger charge is 2.24. The normalized spacial score (nSPS) is 14.6. The van der Waals surface area contributed by atoms with Gasteiger partial charge >= 0.3 is 0 Å². The van der Waals surface area contributed by atoms with Crippen molar-refractivity contribution >= 4 is 23.2 Å². The second kappa shape index (κ2) is 9.40. The van der Waals surface area contributed by atoms with Gasteiger partial charge in [-0.05, 0) is 24.6 Å². The van der Waals surface area contributed by atoms with Crippen LogP contribution in [0.3, 0.4) is 0 Å². The molecule has 1 aliphatic heterocycles. The van der Waals surface area contributed by atoms with Crippen LogP contribution in [0.5, 0.6) is 0 Å². The number of amides is 2. The van der Waals surface area contributed by atoms with Crippen LogP contribution in [0.1, 0.15) is 32.9 Å². The molecular weight excluding hydrogens is 414 g/mol. The number of carbonyl (C=O) groups is 2. The molecule has 4 rings (SSSR count). The molecule has 1 fully saturated rings. The third-order valence-electron chi connectivity index (χ3n) is 5.26. The number of nitrogens with zero attached hydrogens (tertiary/aromatic N) is 4. The highest BCUT2D eigenvalue weighted by Crippen LogP contribution is 2.21. The molecule has 0 saturated carbocycles. The Morgan fingerprint density at radius 2 is 1.90 bits per heavy atom. The first-order chi connectivity index (χ1) is 15.0. The van der Waals surface area contributed by atoms with Crippen molar-refractivity contribution in [1.82, 2.24) is 25.3 Å². The van der Waals surface area contributed by atoms with Crippen molar-refractivity contribution in [3.05, 3.63) is 57.6 Å². The molecule has 0 radical (unpaired) electrons. The van der Waals surface area contributed by atoms with Crippen LogP contribution >= 0.6 is 11.3 Å². The van der Waals surface area contributed by atoms with Crippen LogP contribution in [-0.2, 0) is 17.9 Å². The lowest BCUT2D eigenvalue weighted by Crippen LogP contribution is -2.48. The molecule has 2 amide bonds. The highest BCUT2D eigenvalue weighted by molar-refractivity contribution is 7.14. The van der Waals surface area contributed by atoms with Crippen LogP contribution in [0.25, 0.3) is 11.4 Å². The number of aryl methyl sites for hydroxylation is 1. The summed E-state index contributed by atoms with van der Waals surface area (Å²) in [4.78, 5) is 34.2. The molecule has 1 aromatic carbocycles. The molecule has 9 heteroatoms. The summed E-state index contributed by atoms with van der Waals surface area (Å²) in [5, 5.41) is 6.88. The summed E-state index contributed by atoms with van der Waals surface area (Å²) >= 11 is 1.43. The maximum Gasteiger partial charge on any atom is 0.264 e. The summed E-state index contributed by atoms with van der Waals surface area (Å²) in [6.45, 7) is 7.33. The van der Waals surface area contributed by atoms with Crippen molar-refractivity contribution in [3.63, 3.8) is 0 Å². The van der Waals surface area contributed by atoms with E-state index in [1.165, 1.54) is 18.3 Å². The minimum Gasteiger partial charge on any atom is -0.351 e. The van der Waals surface area contributed by atoms with Gasteiger partial charge in [-0.1, -0.05) is 29.4 Å². The topological polar surface area (TPSA) is 91.6 Å². The van der Waals surface area contributed by atoms with Gasteiger partial charge in [-0.25, -0.2) is 0 Å². The maximum absolute atomic E-state index is 12.8. The van der Waals surface area contributed by atoms with E-state index in [1.54, 1.807) is 0 Å². The predicted molar refractivity (Wildman–Crippen MR) is 117 cm³/mol. The average Bonchev–Trinajstić information content (AvgIpc) is 3.42. The van der Waals surface area contributed by atoms with E-state index in [9.17, 15) is 9.59 Å². The van der Waals surface area contributed by atoms with Gasteiger partial charge in [0.25, 0.3) is 5.91 Å². The van der Waals surface area contributed by atoms with Crippen molar-refractivity contribution < 1.29 is 14.1 Å². The van der Waals surface area contributed by atoms with E-state index in [0.717, 1.165) is 29.1 Å². The minimum absolute atomic E-state index is 0.0401. The average molecular weight is 440 g/mol. The van der Waals surface area contributed by atoms with E-state index in [-0.39, 0.29) is 11.8 Å². The van der Waals surface area contributed by atoms with Crippen molar-refractivity contribution in [3.8, 4) is 11.4 Å². The fourth-order valence-corrected chi connectivity index (χ4v) is 4.42. The first kappa shape index (κ1) is 21.2. The SMILES string of the molecule is CC(=O)NCc1ccc(C(=O)N2CCN(Cc3nc(-c4ccccc4C)no3)CC2)s1. The smallest absolute Gasteiger partial charge is 0.264 e. The maximum atomic E-state index is 12.8. The number of aromatic nitrogens is 2. The second-order valence-electron chi connectivity index (χ2n) is 7.57. The first-order valence-electron chi connectivity index (χ1n) is 10.2. The molecule has 2 aromatic heterocycles. The quantitative estimate of drug-likeness (QED) is 0.635. The number of thiophene rings is 1.